The van der Waals surface area contributed by atoms with Gasteiger partial charge in [0.15, 0.2) is 0 Å². The van der Waals surface area contributed by atoms with Crippen LogP contribution in [0.25, 0.3) is 0 Å². The van der Waals surface area contributed by atoms with Gasteiger partial charge in [-0.05, 0) is 19.8 Å². The van der Waals surface area contributed by atoms with Crippen molar-refractivity contribution in [3.8, 4) is 0 Å². The van der Waals surface area contributed by atoms with Crippen LogP contribution in [0.2, 0.25) is 0 Å². The molecule has 0 aliphatic heterocycles. The van der Waals surface area contributed by atoms with Gasteiger partial charge in [0, 0.05) is 19.5 Å². The van der Waals surface area contributed by atoms with E-state index in [0.29, 0.717) is 19.4 Å². The van der Waals surface area contributed by atoms with E-state index in [9.17, 15) is 4.79 Å². The second-order valence-electron chi connectivity index (χ2n) is 5.03. The maximum absolute atomic E-state index is 12.3. The lowest BCUT2D eigenvalue weighted by Gasteiger charge is -2.29. The molecule has 1 rings (SSSR count). The van der Waals surface area contributed by atoms with E-state index in [0.717, 1.165) is 25.2 Å². The smallest absolute Gasteiger partial charge is 0.313 e. The summed E-state index contributed by atoms with van der Waals surface area (Å²) in [7, 11) is 0. The molecule has 0 fully saturated rings. The standard InChI is InChI=1S/C14H26N4O2/c1-4-7-14(10-15,13(19)20-6-3)9-12-16-11-17-18(12)8-5-2/h11H,4-10,15H2,1-3H3. The summed E-state index contributed by atoms with van der Waals surface area (Å²) < 4.78 is 7.07. The predicted octanol–water partition coefficient (Wildman–Crippen LogP) is 1.54. The van der Waals surface area contributed by atoms with Crippen molar-refractivity contribution in [1.29, 1.82) is 0 Å². The van der Waals surface area contributed by atoms with Crippen molar-refractivity contribution in [2.45, 2.75) is 53.0 Å². The van der Waals surface area contributed by atoms with Gasteiger partial charge in [-0.2, -0.15) is 5.10 Å². The molecule has 1 heterocycles. The van der Waals surface area contributed by atoms with Crippen LogP contribution in [0.5, 0.6) is 0 Å². The van der Waals surface area contributed by atoms with Crippen LogP contribution in [-0.4, -0.2) is 33.9 Å². The number of rotatable bonds is 9. The summed E-state index contributed by atoms with van der Waals surface area (Å²) in [6.07, 6.45) is 4.55. The number of hydrogen-bond acceptors (Lipinski definition) is 5. The molecule has 114 valence electrons. The number of aromatic nitrogens is 3. The lowest BCUT2D eigenvalue weighted by atomic mass is 9.80. The van der Waals surface area contributed by atoms with E-state index in [4.69, 9.17) is 10.5 Å². The topological polar surface area (TPSA) is 83.0 Å². The SMILES string of the molecule is CCCn1ncnc1CC(CN)(CCC)C(=O)OCC. The fourth-order valence-electron chi connectivity index (χ4n) is 2.41. The van der Waals surface area contributed by atoms with E-state index in [1.807, 2.05) is 18.5 Å². The summed E-state index contributed by atoms with van der Waals surface area (Å²) in [5.74, 6) is 0.578. The van der Waals surface area contributed by atoms with Gasteiger partial charge in [-0.1, -0.05) is 20.3 Å². The third-order valence-corrected chi connectivity index (χ3v) is 3.46. The number of nitrogens with two attached hydrogens (primary N) is 1. The Balaban J connectivity index is 2.98. The Hall–Kier alpha value is -1.43. The zero-order valence-corrected chi connectivity index (χ0v) is 12.8. The highest BCUT2D eigenvalue weighted by molar-refractivity contribution is 5.77. The molecule has 1 aromatic heterocycles. The molecule has 0 saturated heterocycles. The van der Waals surface area contributed by atoms with Crippen molar-refractivity contribution >= 4 is 5.97 Å². The number of aryl methyl sites for hydroxylation is 1. The first kappa shape index (κ1) is 16.6. The highest BCUT2D eigenvalue weighted by Crippen LogP contribution is 2.29. The highest BCUT2D eigenvalue weighted by atomic mass is 16.5. The average Bonchev–Trinajstić information content (AvgIpc) is 2.86. The minimum Gasteiger partial charge on any atom is -0.466 e. The van der Waals surface area contributed by atoms with Gasteiger partial charge in [0.05, 0.1) is 12.0 Å². The maximum Gasteiger partial charge on any atom is 0.313 e. The summed E-state index contributed by atoms with van der Waals surface area (Å²) in [5, 5.41) is 4.20. The van der Waals surface area contributed by atoms with Gasteiger partial charge in [0.2, 0.25) is 0 Å². The Morgan fingerprint density at radius 1 is 1.40 bits per heavy atom. The fraction of sp³-hybridized carbons (Fsp3) is 0.786. The van der Waals surface area contributed by atoms with Crippen molar-refractivity contribution in [3.05, 3.63) is 12.2 Å². The zero-order chi connectivity index (χ0) is 15.0. The summed E-state index contributed by atoms with van der Waals surface area (Å²) >= 11 is 0. The summed E-state index contributed by atoms with van der Waals surface area (Å²) in [4.78, 5) is 16.6. The first-order chi connectivity index (χ1) is 9.63. The van der Waals surface area contributed by atoms with E-state index in [1.54, 1.807) is 0 Å². The minimum absolute atomic E-state index is 0.226. The quantitative estimate of drug-likeness (QED) is 0.695. The van der Waals surface area contributed by atoms with Crippen LogP contribution in [0.3, 0.4) is 0 Å². The van der Waals surface area contributed by atoms with Crippen LogP contribution in [-0.2, 0) is 22.5 Å². The molecule has 0 aliphatic rings. The number of carbonyl (C=O) groups excluding carboxylic acids is 1. The van der Waals surface area contributed by atoms with Gasteiger partial charge >= 0.3 is 5.97 Å². The first-order valence-electron chi connectivity index (χ1n) is 7.37. The molecule has 6 nitrogen and oxygen atoms in total. The number of nitrogens with zero attached hydrogens (tertiary/aromatic N) is 3. The second kappa shape index (κ2) is 7.99. The molecule has 2 N–H and O–H groups in total. The normalized spacial score (nSPS) is 14.0. The molecule has 0 radical (unpaired) electrons. The number of esters is 1. The Morgan fingerprint density at radius 3 is 2.70 bits per heavy atom. The highest BCUT2D eigenvalue weighted by Gasteiger charge is 2.39. The third kappa shape index (κ3) is 3.79. The van der Waals surface area contributed by atoms with Crippen LogP contribution in [0, 0.1) is 5.41 Å². The van der Waals surface area contributed by atoms with Gasteiger partial charge in [0.25, 0.3) is 0 Å². The van der Waals surface area contributed by atoms with Gasteiger partial charge in [-0.25, -0.2) is 4.98 Å². The van der Waals surface area contributed by atoms with E-state index in [2.05, 4.69) is 17.0 Å². The molecule has 20 heavy (non-hydrogen) atoms. The van der Waals surface area contributed by atoms with Gasteiger partial charge in [0.1, 0.15) is 12.2 Å². The number of hydrogen-bond donors (Lipinski definition) is 1. The molecular weight excluding hydrogens is 256 g/mol. The maximum atomic E-state index is 12.3. The Morgan fingerprint density at radius 2 is 2.15 bits per heavy atom. The zero-order valence-electron chi connectivity index (χ0n) is 12.8. The number of ether oxygens (including phenoxy) is 1. The van der Waals surface area contributed by atoms with Crippen LogP contribution in [0.15, 0.2) is 6.33 Å². The molecule has 0 aliphatic carbocycles. The molecule has 6 heteroatoms. The molecule has 1 aromatic rings. The van der Waals surface area contributed by atoms with E-state index in [1.165, 1.54) is 6.33 Å². The predicted molar refractivity (Wildman–Crippen MR) is 77.0 cm³/mol. The minimum atomic E-state index is -0.691. The Kier molecular flexibility index (Phi) is 6.64. The van der Waals surface area contributed by atoms with Crippen molar-refractivity contribution in [1.82, 2.24) is 14.8 Å². The molecule has 1 unspecified atom stereocenters. The largest absolute Gasteiger partial charge is 0.466 e. The molecule has 0 amide bonds. The second-order valence-corrected chi connectivity index (χ2v) is 5.03. The summed E-state index contributed by atoms with van der Waals surface area (Å²) in [5.41, 5.74) is 5.22. The van der Waals surface area contributed by atoms with Crippen LogP contribution < -0.4 is 5.73 Å². The lowest BCUT2D eigenvalue weighted by molar-refractivity contribution is -0.155. The van der Waals surface area contributed by atoms with Gasteiger partial charge in [-0.15, -0.1) is 0 Å². The molecule has 0 spiro atoms. The van der Waals surface area contributed by atoms with Gasteiger partial charge < -0.3 is 10.5 Å². The van der Waals surface area contributed by atoms with E-state index < -0.39 is 5.41 Å². The summed E-state index contributed by atoms with van der Waals surface area (Å²) in [6.45, 7) is 7.36. The van der Waals surface area contributed by atoms with Crippen molar-refractivity contribution < 1.29 is 9.53 Å². The molecule has 1 atom stereocenters. The molecular formula is C14H26N4O2. The lowest BCUT2D eigenvalue weighted by Crippen LogP contribution is -2.42. The molecule has 0 aromatic carbocycles. The summed E-state index contributed by atoms with van der Waals surface area (Å²) in [6, 6.07) is 0. The Bertz CT molecular complexity index is 419. The van der Waals surface area contributed by atoms with Crippen molar-refractivity contribution in [2.24, 2.45) is 11.1 Å². The Labute approximate surface area is 120 Å². The van der Waals surface area contributed by atoms with E-state index in [-0.39, 0.29) is 12.5 Å². The van der Waals surface area contributed by atoms with E-state index >= 15 is 0 Å². The van der Waals surface area contributed by atoms with Crippen molar-refractivity contribution in [2.75, 3.05) is 13.2 Å². The monoisotopic (exact) mass is 282 g/mol. The third-order valence-electron chi connectivity index (χ3n) is 3.46. The van der Waals surface area contributed by atoms with Crippen LogP contribution in [0.1, 0.15) is 45.9 Å². The fourth-order valence-corrected chi connectivity index (χ4v) is 2.41. The number of carbonyl (C=O) groups is 1. The molecule has 0 saturated carbocycles. The van der Waals surface area contributed by atoms with Crippen molar-refractivity contribution in [3.63, 3.8) is 0 Å². The average molecular weight is 282 g/mol. The van der Waals surface area contributed by atoms with Crippen LogP contribution in [0.4, 0.5) is 0 Å². The molecule has 0 bridgehead atoms. The first-order valence-corrected chi connectivity index (χ1v) is 7.37. The van der Waals surface area contributed by atoms with Crippen LogP contribution >= 0.6 is 0 Å². The van der Waals surface area contributed by atoms with Gasteiger partial charge in [-0.3, -0.25) is 9.48 Å².